The Morgan fingerprint density at radius 1 is 1.03 bits per heavy atom. The summed E-state index contributed by atoms with van der Waals surface area (Å²) in [7, 11) is 0. The van der Waals surface area contributed by atoms with E-state index in [2.05, 4.69) is 57.0 Å². The number of hydrogen-bond donors (Lipinski definition) is 0. The van der Waals surface area contributed by atoms with E-state index in [1.165, 1.54) is 24.5 Å². The molecule has 9 heteroatoms. The average molecular weight is 533 g/mol. The van der Waals surface area contributed by atoms with Crippen LogP contribution in [0.4, 0.5) is 0 Å². The van der Waals surface area contributed by atoms with Crippen LogP contribution in [0.25, 0.3) is 5.69 Å². The molecule has 1 atom stereocenters. The molecular weight excluding hydrogens is 508 g/mol. The molecule has 178 valence electrons. The second-order valence-electron chi connectivity index (χ2n) is 9.33. The van der Waals surface area contributed by atoms with Gasteiger partial charge in [-0.3, -0.25) is 9.59 Å². The van der Waals surface area contributed by atoms with Crippen LogP contribution < -0.4 is 0 Å². The summed E-state index contributed by atoms with van der Waals surface area (Å²) in [4.78, 5) is 29.7. The summed E-state index contributed by atoms with van der Waals surface area (Å²) in [5.74, 6) is 0.374. The van der Waals surface area contributed by atoms with Crippen molar-refractivity contribution in [3.05, 3.63) is 81.9 Å². The van der Waals surface area contributed by atoms with Crippen LogP contribution in [-0.2, 0) is 17.6 Å². The highest BCUT2D eigenvalue weighted by Gasteiger charge is 2.40. The van der Waals surface area contributed by atoms with Crippen LogP contribution in [0.2, 0.25) is 0 Å². The molecule has 0 spiro atoms. The van der Waals surface area contributed by atoms with Crippen molar-refractivity contribution >= 4 is 27.7 Å². The van der Waals surface area contributed by atoms with Crippen molar-refractivity contribution in [1.82, 2.24) is 29.8 Å². The first kappa shape index (κ1) is 22.2. The number of carbonyl (C=O) groups is 2. The van der Waals surface area contributed by atoms with Gasteiger partial charge < -0.3 is 9.80 Å². The third-order valence-corrected chi connectivity index (χ3v) is 7.62. The van der Waals surface area contributed by atoms with E-state index < -0.39 is 0 Å². The van der Waals surface area contributed by atoms with Crippen LogP contribution >= 0.6 is 15.9 Å². The Morgan fingerprint density at radius 3 is 2.51 bits per heavy atom. The predicted molar refractivity (Wildman–Crippen MR) is 133 cm³/mol. The van der Waals surface area contributed by atoms with Crippen LogP contribution in [0.1, 0.15) is 57.8 Å². The molecule has 0 saturated heterocycles. The van der Waals surface area contributed by atoms with Gasteiger partial charge in [0.15, 0.2) is 5.69 Å². The van der Waals surface area contributed by atoms with Crippen molar-refractivity contribution in [2.75, 3.05) is 19.6 Å². The molecular formula is C26H25BrN6O2. The van der Waals surface area contributed by atoms with Crippen molar-refractivity contribution in [3.63, 3.8) is 0 Å². The largest absolute Gasteiger partial charge is 0.336 e. The van der Waals surface area contributed by atoms with Crippen molar-refractivity contribution in [1.29, 1.82) is 0 Å². The second kappa shape index (κ2) is 8.71. The Labute approximate surface area is 211 Å². The standard InChI is InChI=1S/C26H25BrN6O2/c1-2-24(34)31-13-11-19-25-21(33(30-19)18-7-5-17(6-8-18)16-3-4-16)12-14-32(22(25)15-31)26(35)20-9-10-23(27)29-28-20/h2,5-10,16,22H,1,3-4,11-15H2/t22-/m1/s1. The first-order valence-electron chi connectivity index (χ1n) is 12.0. The topological polar surface area (TPSA) is 84.2 Å². The summed E-state index contributed by atoms with van der Waals surface area (Å²) in [6.07, 6.45) is 5.19. The molecule has 0 unspecified atom stereocenters. The monoisotopic (exact) mass is 532 g/mol. The molecule has 2 aromatic heterocycles. The van der Waals surface area contributed by atoms with E-state index in [1.54, 1.807) is 17.0 Å². The Hall–Kier alpha value is -3.33. The smallest absolute Gasteiger partial charge is 0.274 e. The molecule has 1 aliphatic carbocycles. The molecule has 6 rings (SSSR count). The summed E-state index contributed by atoms with van der Waals surface area (Å²) in [6.45, 7) is 5.10. The first-order chi connectivity index (χ1) is 17.0. The third kappa shape index (κ3) is 3.97. The van der Waals surface area contributed by atoms with E-state index in [9.17, 15) is 9.59 Å². The molecule has 0 radical (unpaired) electrons. The van der Waals surface area contributed by atoms with E-state index in [-0.39, 0.29) is 23.6 Å². The molecule has 4 heterocycles. The van der Waals surface area contributed by atoms with E-state index in [0.717, 1.165) is 22.6 Å². The summed E-state index contributed by atoms with van der Waals surface area (Å²) in [5, 5.41) is 13.1. The van der Waals surface area contributed by atoms with Gasteiger partial charge >= 0.3 is 0 Å². The van der Waals surface area contributed by atoms with E-state index in [4.69, 9.17) is 5.10 Å². The lowest BCUT2D eigenvalue weighted by atomic mass is 9.95. The van der Waals surface area contributed by atoms with Crippen molar-refractivity contribution in [2.24, 2.45) is 0 Å². The molecule has 2 amide bonds. The zero-order valence-electron chi connectivity index (χ0n) is 19.2. The Bertz CT molecular complexity index is 1310. The minimum absolute atomic E-state index is 0.137. The Morgan fingerprint density at radius 2 is 1.83 bits per heavy atom. The van der Waals surface area contributed by atoms with Crippen LogP contribution in [0.15, 0.2) is 53.7 Å². The number of halogens is 1. The van der Waals surface area contributed by atoms with Gasteiger partial charge in [-0.05, 0) is 70.6 Å². The number of aromatic nitrogens is 4. The normalized spacial score (nSPS) is 19.2. The highest BCUT2D eigenvalue weighted by molar-refractivity contribution is 9.10. The molecule has 0 N–H and O–H groups in total. The maximum absolute atomic E-state index is 13.5. The quantitative estimate of drug-likeness (QED) is 0.479. The number of hydrogen-bond acceptors (Lipinski definition) is 5. The fourth-order valence-electron chi connectivity index (χ4n) is 5.26. The molecule has 1 saturated carbocycles. The van der Waals surface area contributed by atoms with Crippen LogP contribution in [0, 0.1) is 0 Å². The zero-order valence-corrected chi connectivity index (χ0v) is 20.8. The van der Waals surface area contributed by atoms with Gasteiger partial charge in [0.25, 0.3) is 5.91 Å². The maximum atomic E-state index is 13.5. The zero-order chi connectivity index (χ0) is 24.1. The maximum Gasteiger partial charge on any atom is 0.274 e. The van der Waals surface area contributed by atoms with Gasteiger partial charge in [-0.2, -0.15) is 5.10 Å². The van der Waals surface area contributed by atoms with E-state index in [0.29, 0.717) is 43.0 Å². The highest BCUT2D eigenvalue weighted by Crippen LogP contribution is 2.41. The molecule has 1 fully saturated rings. The van der Waals surface area contributed by atoms with Crippen molar-refractivity contribution < 1.29 is 9.59 Å². The highest BCUT2D eigenvalue weighted by atomic mass is 79.9. The number of benzene rings is 1. The van der Waals surface area contributed by atoms with Gasteiger partial charge in [0.05, 0.1) is 23.1 Å². The molecule has 3 aliphatic rings. The number of nitrogens with zero attached hydrogens (tertiary/aromatic N) is 6. The molecule has 0 bridgehead atoms. The van der Waals surface area contributed by atoms with Gasteiger partial charge in [0, 0.05) is 38.0 Å². The minimum Gasteiger partial charge on any atom is -0.336 e. The lowest BCUT2D eigenvalue weighted by molar-refractivity contribution is -0.126. The Balaban J connectivity index is 1.40. The average Bonchev–Trinajstić information content (AvgIpc) is 3.69. The van der Waals surface area contributed by atoms with Crippen molar-refractivity contribution in [2.45, 2.75) is 37.6 Å². The van der Waals surface area contributed by atoms with E-state index in [1.807, 2.05) is 9.58 Å². The van der Waals surface area contributed by atoms with Gasteiger partial charge in [-0.25, -0.2) is 4.68 Å². The number of amides is 2. The van der Waals surface area contributed by atoms with Gasteiger partial charge in [0.1, 0.15) is 4.60 Å². The summed E-state index contributed by atoms with van der Waals surface area (Å²) < 4.78 is 2.61. The predicted octanol–water partition coefficient (Wildman–Crippen LogP) is 3.61. The fourth-order valence-corrected chi connectivity index (χ4v) is 5.47. The van der Waals surface area contributed by atoms with Gasteiger partial charge in [-0.15, -0.1) is 10.2 Å². The molecule has 2 aliphatic heterocycles. The summed E-state index contributed by atoms with van der Waals surface area (Å²) in [6, 6.07) is 11.8. The SMILES string of the molecule is C=CC(=O)N1CCc2nn(-c3ccc(C4CC4)cc3)c3c2[C@@H](C1)N(C(=O)c1ccc(Br)nn1)CC3. The summed E-state index contributed by atoms with van der Waals surface area (Å²) >= 11 is 3.28. The number of carbonyl (C=O) groups excluding carboxylic acids is 2. The van der Waals surface area contributed by atoms with Crippen molar-refractivity contribution in [3.8, 4) is 5.69 Å². The van der Waals surface area contributed by atoms with Gasteiger partial charge in [0.2, 0.25) is 5.91 Å². The first-order valence-corrected chi connectivity index (χ1v) is 12.8. The second-order valence-corrected chi connectivity index (χ2v) is 10.1. The number of rotatable bonds is 4. The molecule has 3 aromatic rings. The van der Waals surface area contributed by atoms with E-state index >= 15 is 0 Å². The Kier molecular flexibility index (Phi) is 5.51. The van der Waals surface area contributed by atoms with Crippen LogP contribution in [-0.4, -0.2) is 61.2 Å². The lowest BCUT2D eigenvalue weighted by Gasteiger charge is -2.37. The molecule has 35 heavy (non-hydrogen) atoms. The fraction of sp³-hybridized carbons (Fsp3) is 0.346. The summed E-state index contributed by atoms with van der Waals surface area (Å²) in [5.41, 5.74) is 5.82. The van der Waals surface area contributed by atoms with Crippen LogP contribution in [0.5, 0.6) is 0 Å². The molecule has 8 nitrogen and oxygen atoms in total. The van der Waals surface area contributed by atoms with Gasteiger partial charge in [-0.1, -0.05) is 18.7 Å². The molecule has 1 aromatic carbocycles. The third-order valence-electron chi connectivity index (χ3n) is 7.19. The minimum atomic E-state index is -0.308. The van der Waals surface area contributed by atoms with Crippen LogP contribution in [0.3, 0.4) is 0 Å². The lowest BCUT2D eigenvalue weighted by Crippen LogP contribution is -2.46.